The van der Waals surface area contributed by atoms with Crippen LogP contribution in [0.25, 0.3) is 0 Å². The van der Waals surface area contributed by atoms with Crippen molar-refractivity contribution < 1.29 is 19.1 Å². The van der Waals surface area contributed by atoms with Crippen molar-refractivity contribution in [2.75, 3.05) is 14.2 Å². The van der Waals surface area contributed by atoms with Crippen LogP contribution >= 0.6 is 0 Å². The Hall–Kier alpha value is -1.06. The number of hydrogen-bond donors (Lipinski definition) is 0. The molecule has 0 aliphatic carbocycles. The summed E-state index contributed by atoms with van der Waals surface area (Å²) in [7, 11) is 2.77. The molecule has 0 bridgehead atoms. The van der Waals surface area contributed by atoms with Crippen molar-refractivity contribution in [1.82, 2.24) is 0 Å². The van der Waals surface area contributed by atoms with Crippen LogP contribution in [0, 0.1) is 5.92 Å². The Balaban J connectivity index is -0.000000163. The maximum Gasteiger partial charge on any atom is 0.308 e. The Bertz CT molecular complexity index is 146. The van der Waals surface area contributed by atoms with Crippen LogP contribution in [0.4, 0.5) is 0 Å². The molecule has 4 heteroatoms. The van der Waals surface area contributed by atoms with Gasteiger partial charge in [-0.1, -0.05) is 28.2 Å². The van der Waals surface area contributed by atoms with Crippen molar-refractivity contribution in [2.24, 2.45) is 5.92 Å². The molecule has 0 heterocycles. The van der Waals surface area contributed by atoms with Gasteiger partial charge in [0.15, 0.2) is 0 Å². The molecule has 14 heavy (non-hydrogen) atoms. The van der Waals surface area contributed by atoms with Gasteiger partial charge < -0.3 is 9.47 Å². The van der Waals surface area contributed by atoms with Gasteiger partial charge >= 0.3 is 11.9 Å². The number of ether oxygens (including phenoxy) is 2. The van der Waals surface area contributed by atoms with Crippen LogP contribution in [0.5, 0.6) is 0 Å². The van der Waals surface area contributed by atoms with E-state index >= 15 is 0 Å². The minimum atomic E-state index is -0.157. The van der Waals surface area contributed by atoms with E-state index in [1.807, 2.05) is 0 Å². The Morgan fingerprint density at radius 2 is 1.57 bits per heavy atom. The van der Waals surface area contributed by atoms with Gasteiger partial charge in [0.1, 0.15) is 0 Å². The number of carbonyl (C=O) groups excluding carboxylic acids is 2. The molecule has 0 aromatic rings. The summed E-state index contributed by atoms with van der Waals surface area (Å²) in [6.07, 6.45) is 0.469. The molecule has 0 N–H and O–H groups in total. The fraction of sp³-hybridized carbons (Fsp3) is 0.800. The van der Waals surface area contributed by atoms with E-state index in [-0.39, 0.29) is 25.3 Å². The van der Waals surface area contributed by atoms with Crippen LogP contribution in [0.15, 0.2) is 0 Å². The summed E-state index contributed by atoms with van der Waals surface area (Å²) in [4.78, 5) is 20.2. The zero-order valence-electron chi connectivity index (χ0n) is 8.92. The number of esters is 2. The minimum Gasteiger partial charge on any atom is -0.469 e. The zero-order chi connectivity index (χ0) is 10.9. The molecule has 0 unspecified atom stereocenters. The number of rotatable bonds is 2. The van der Waals surface area contributed by atoms with Gasteiger partial charge in [-0.15, -0.1) is 0 Å². The van der Waals surface area contributed by atoms with E-state index in [0.717, 1.165) is 0 Å². The Kier molecular flexibility index (Phi) is 15.9. The quantitative estimate of drug-likeness (QED) is 0.649. The third kappa shape index (κ3) is 13.5. The molecule has 0 spiro atoms. The minimum absolute atomic E-state index is 0. The smallest absolute Gasteiger partial charge is 0.308 e. The van der Waals surface area contributed by atoms with Gasteiger partial charge in [-0.05, 0) is 0 Å². The second kappa shape index (κ2) is 11.9. The van der Waals surface area contributed by atoms with Crippen LogP contribution < -0.4 is 0 Å². The first-order valence-electron chi connectivity index (χ1n) is 4.14. The lowest BCUT2D eigenvalue weighted by Crippen LogP contribution is -2.07. The highest BCUT2D eigenvalue weighted by Crippen LogP contribution is 1.91. The molecule has 86 valence electrons. The highest BCUT2D eigenvalue weighted by Gasteiger charge is 2.03. The molecule has 0 aliphatic rings. The van der Waals surface area contributed by atoms with E-state index in [2.05, 4.69) is 9.47 Å². The third-order valence-electron chi connectivity index (χ3n) is 1.19. The molecule has 0 saturated carbocycles. The Labute approximate surface area is 86.6 Å². The zero-order valence-corrected chi connectivity index (χ0v) is 8.92. The van der Waals surface area contributed by atoms with E-state index in [1.54, 1.807) is 20.8 Å². The first-order chi connectivity index (χ1) is 5.99. The molecule has 0 rings (SSSR count). The maximum atomic E-state index is 10.3. The Morgan fingerprint density at radius 1 is 1.14 bits per heavy atom. The molecule has 0 radical (unpaired) electrons. The van der Waals surface area contributed by atoms with Gasteiger partial charge in [-0.25, -0.2) is 0 Å². The summed E-state index contributed by atoms with van der Waals surface area (Å²) in [6, 6.07) is 0. The molecule has 0 fully saturated rings. The average Bonchev–Trinajstić information content (AvgIpc) is 2.16. The molecule has 0 aliphatic heterocycles. The normalized spacial score (nSPS) is 7.86. The van der Waals surface area contributed by atoms with E-state index in [1.165, 1.54) is 14.2 Å². The highest BCUT2D eigenvalue weighted by molar-refractivity contribution is 5.71. The van der Waals surface area contributed by atoms with Crippen LogP contribution in [0.2, 0.25) is 0 Å². The van der Waals surface area contributed by atoms with Crippen LogP contribution in [-0.4, -0.2) is 26.2 Å². The lowest BCUT2D eigenvalue weighted by atomic mass is 10.2. The van der Waals surface area contributed by atoms with Crippen molar-refractivity contribution in [2.45, 2.75) is 34.6 Å². The maximum absolute atomic E-state index is 10.3. The van der Waals surface area contributed by atoms with Crippen molar-refractivity contribution >= 4 is 11.9 Å². The van der Waals surface area contributed by atoms with Crippen LogP contribution in [-0.2, 0) is 19.1 Å². The predicted octanol–water partition coefficient (Wildman–Crippen LogP) is 2.02. The van der Waals surface area contributed by atoms with Crippen LogP contribution in [0.3, 0.4) is 0 Å². The van der Waals surface area contributed by atoms with Crippen molar-refractivity contribution in [3.05, 3.63) is 0 Å². The van der Waals surface area contributed by atoms with Crippen molar-refractivity contribution in [3.8, 4) is 0 Å². The van der Waals surface area contributed by atoms with Gasteiger partial charge in [0.05, 0.1) is 20.1 Å². The molecule has 0 amide bonds. The summed E-state index contributed by atoms with van der Waals surface area (Å²) in [5.74, 6) is -0.306. The van der Waals surface area contributed by atoms with Gasteiger partial charge in [-0.2, -0.15) is 0 Å². The van der Waals surface area contributed by atoms with Crippen LogP contribution in [0.1, 0.15) is 34.6 Å². The number of carbonyl (C=O) groups is 2. The monoisotopic (exact) mass is 206 g/mol. The molecule has 4 nitrogen and oxygen atoms in total. The van der Waals surface area contributed by atoms with Crippen molar-refractivity contribution in [3.63, 3.8) is 0 Å². The van der Waals surface area contributed by atoms with E-state index < -0.39 is 0 Å². The Morgan fingerprint density at radius 3 is 1.57 bits per heavy atom. The molecule has 0 saturated heterocycles. The summed E-state index contributed by atoms with van der Waals surface area (Å²) in [5.41, 5.74) is 0. The first-order valence-corrected chi connectivity index (χ1v) is 4.14. The number of hydrogen-bond acceptors (Lipinski definition) is 4. The van der Waals surface area contributed by atoms with E-state index in [9.17, 15) is 9.59 Å². The van der Waals surface area contributed by atoms with E-state index in [4.69, 9.17) is 0 Å². The summed E-state index contributed by atoms with van der Waals surface area (Å²) in [5, 5.41) is 0. The van der Waals surface area contributed by atoms with Gasteiger partial charge in [0.2, 0.25) is 0 Å². The SMILES string of the molecule is C.CCC(=O)OC.COC(=O)C(C)C. The molecular formula is C10H22O4. The predicted molar refractivity (Wildman–Crippen MR) is 55.9 cm³/mol. The molecule has 0 atom stereocenters. The first kappa shape index (κ1) is 18.7. The second-order valence-corrected chi connectivity index (χ2v) is 2.61. The standard InChI is InChI=1S/C5H10O2.C4H8O2.CH4/c1-4(2)5(6)7-3;1-3-4(5)6-2;/h4H,1-3H3;3H2,1-2H3;1H4. The third-order valence-corrected chi connectivity index (χ3v) is 1.19. The van der Waals surface area contributed by atoms with Gasteiger partial charge in [0, 0.05) is 6.42 Å². The van der Waals surface area contributed by atoms with E-state index in [0.29, 0.717) is 6.42 Å². The molecule has 0 aromatic heterocycles. The number of methoxy groups -OCH3 is 2. The lowest BCUT2D eigenvalue weighted by molar-refractivity contribution is -0.144. The fourth-order valence-electron chi connectivity index (χ4n) is 0.380. The van der Waals surface area contributed by atoms with Gasteiger partial charge in [0.25, 0.3) is 0 Å². The van der Waals surface area contributed by atoms with Gasteiger partial charge in [-0.3, -0.25) is 9.59 Å². The topological polar surface area (TPSA) is 52.6 Å². The lowest BCUT2D eigenvalue weighted by Gasteiger charge is -1.97. The molecular weight excluding hydrogens is 184 g/mol. The average molecular weight is 206 g/mol. The largest absolute Gasteiger partial charge is 0.469 e. The summed E-state index contributed by atoms with van der Waals surface area (Å²) < 4.78 is 8.63. The van der Waals surface area contributed by atoms with Crippen molar-refractivity contribution in [1.29, 1.82) is 0 Å². The highest BCUT2D eigenvalue weighted by atomic mass is 16.5. The summed E-state index contributed by atoms with van der Waals surface area (Å²) >= 11 is 0. The molecule has 0 aromatic carbocycles. The second-order valence-electron chi connectivity index (χ2n) is 2.61. The summed E-state index contributed by atoms with van der Waals surface area (Å²) in [6.45, 7) is 5.35. The fourth-order valence-corrected chi connectivity index (χ4v) is 0.380.